The van der Waals surface area contributed by atoms with Gasteiger partial charge in [-0.1, -0.05) is 6.92 Å². The smallest absolute Gasteiger partial charge is 0.150 e. The Morgan fingerprint density at radius 1 is 1.29 bits per heavy atom. The van der Waals surface area contributed by atoms with Gasteiger partial charge in [0.15, 0.2) is 0 Å². The average molecular weight is 263 g/mol. The molecule has 5 heteroatoms. The van der Waals surface area contributed by atoms with Gasteiger partial charge in [-0.2, -0.15) is 0 Å². The second kappa shape index (κ2) is 8.06. The molecule has 1 fully saturated rings. The van der Waals surface area contributed by atoms with E-state index in [-0.39, 0.29) is 5.75 Å². The van der Waals surface area contributed by atoms with E-state index in [1.165, 1.54) is 19.3 Å². The molecule has 0 aromatic carbocycles. The molecule has 0 radical (unpaired) electrons. The van der Waals surface area contributed by atoms with Crippen LogP contribution in [0.5, 0.6) is 0 Å². The molecule has 0 spiro atoms. The van der Waals surface area contributed by atoms with Gasteiger partial charge in [0.1, 0.15) is 9.84 Å². The van der Waals surface area contributed by atoms with Crippen LogP contribution in [0.15, 0.2) is 0 Å². The molecule has 1 aliphatic heterocycles. The van der Waals surface area contributed by atoms with Gasteiger partial charge in [-0.05, 0) is 45.2 Å². The van der Waals surface area contributed by atoms with Crippen LogP contribution in [0, 0.1) is 0 Å². The molecule has 0 saturated carbocycles. The van der Waals surface area contributed by atoms with Crippen molar-refractivity contribution in [3.8, 4) is 0 Å². The summed E-state index contributed by atoms with van der Waals surface area (Å²) < 4.78 is 28.1. The molecule has 1 aliphatic rings. The summed E-state index contributed by atoms with van der Waals surface area (Å²) in [4.78, 5) is 0. The summed E-state index contributed by atoms with van der Waals surface area (Å²) >= 11 is 0. The van der Waals surface area contributed by atoms with Crippen LogP contribution in [0.4, 0.5) is 0 Å². The Hall–Kier alpha value is -0.130. The molecule has 0 bridgehead atoms. The third-order valence-electron chi connectivity index (χ3n) is 3.17. The van der Waals surface area contributed by atoms with Crippen LogP contribution in [0.25, 0.3) is 0 Å². The zero-order chi connectivity index (χ0) is 12.6. The van der Waals surface area contributed by atoms with Crippen molar-refractivity contribution in [3.05, 3.63) is 0 Å². The number of hydrogen-bond donors (Lipinski definition) is 1. The fourth-order valence-corrected chi connectivity index (χ4v) is 2.86. The molecule has 1 rings (SSSR count). The van der Waals surface area contributed by atoms with Crippen LogP contribution in [-0.4, -0.2) is 45.7 Å². The van der Waals surface area contributed by atoms with E-state index in [0.29, 0.717) is 18.3 Å². The maximum absolute atomic E-state index is 11.2. The molecule has 0 aromatic rings. The SMILES string of the molecule is CCS(=O)(=O)CCCNCCC1CCCCO1. The number of nitrogens with one attached hydrogen (secondary N) is 1. The first-order valence-electron chi connectivity index (χ1n) is 6.67. The van der Waals surface area contributed by atoms with Gasteiger partial charge in [0.05, 0.1) is 11.9 Å². The van der Waals surface area contributed by atoms with E-state index in [0.717, 1.165) is 26.1 Å². The lowest BCUT2D eigenvalue weighted by atomic mass is 10.1. The first kappa shape index (κ1) is 14.9. The normalized spacial score (nSPS) is 21.6. The summed E-state index contributed by atoms with van der Waals surface area (Å²) in [6, 6.07) is 0. The largest absolute Gasteiger partial charge is 0.378 e. The molecule has 1 atom stereocenters. The summed E-state index contributed by atoms with van der Waals surface area (Å²) in [7, 11) is -2.79. The molecule has 17 heavy (non-hydrogen) atoms. The van der Waals surface area contributed by atoms with Crippen molar-refractivity contribution < 1.29 is 13.2 Å². The van der Waals surface area contributed by atoms with Crippen molar-refractivity contribution in [2.24, 2.45) is 0 Å². The van der Waals surface area contributed by atoms with Gasteiger partial charge in [0.2, 0.25) is 0 Å². The van der Waals surface area contributed by atoms with E-state index in [9.17, 15) is 8.42 Å². The summed E-state index contributed by atoms with van der Waals surface area (Å²) in [5.74, 6) is 0.555. The number of sulfone groups is 1. The van der Waals surface area contributed by atoms with E-state index >= 15 is 0 Å². The minimum absolute atomic E-state index is 0.253. The van der Waals surface area contributed by atoms with Crippen molar-refractivity contribution in [3.63, 3.8) is 0 Å². The van der Waals surface area contributed by atoms with Crippen LogP contribution in [0.2, 0.25) is 0 Å². The van der Waals surface area contributed by atoms with Gasteiger partial charge in [-0.25, -0.2) is 8.42 Å². The van der Waals surface area contributed by atoms with E-state index in [2.05, 4.69) is 5.32 Å². The van der Waals surface area contributed by atoms with Gasteiger partial charge in [0.25, 0.3) is 0 Å². The van der Waals surface area contributed by atoms with E-state index in [1.54, 1.807) is 6.92 Å². The zero-order valence-electron chi connectivity index (χ0n) is 10.8. The van der Waals surface area contributed by atoms with Crippen molar-refractivity contribution in [1.29, 1.82) is 0 Å². The van der Waals surface area contributed by atoms with Gasteiger partial charge >= 0.3 is 0 Å². The molecule has 1 N–H and O–H groups in total. The van der Waals surface area contributed by atoms with Gasteiger partial charge in [-0.3, -0.25) is 0 Å². The zero-order valence-corrected chi connectivity index (χ0v) is 11.6. The summed E-state index contributed by atoms with van der Waals surface area (Å²) in [6.07, 6.45) is 5.81. The number of hydrogen-bond acceptors (Lipinski definition) is 4. The molecular formula is C12H25NO3S. The molecule has 1 unspecified atom stereocenters. The maximum Gasteiger partial charge on any atom is 0.150 e. The fraction of sp³-hybridized carbons (Fsp3) is 1.00. The van der Waals surface area contributed by atoms with E-state index in [4.69, 9.17) is 4.74 Å². The van der Waals surface area contributed by atoms with Crippen molar-refractivity contribution in [1.82, 2.24) is 5.32 Å². The Kier molecular flexibility index (Phi) is 7.08. The molecule has 0 aliphatic carbocycles. The van der Waals surface area contributed by atoms with Crippen LogP contribution in [0.1, 0.15) is 39.0 Å². The Balaban J connectivity index is 1.94. The minimum Gasteiger partial charge on any atom is -0.378 e. The lowest BCUT2D eigenvalue weighted by Crippen LogP contribution is -2.26. The minimum atomic E-state index is -2.79. The topological polar surface area (TPSA) is 55.4 Å². The van der Waals surface area contributed by atoms with Crippen LogP contribution in [-0.2, 0) is 14.6 Å². The molecule has 1 saturated heterocycles. The second-order valence-electron chi connectivity index (χ2n) is 4.62. The van der Waals surface area contributed by atoms with Crippen molar-refractivity contribution in [2.75, 3.05) is 31.2 Å². The average Bonchev–Trinajstić information content (AvgIpc) is 2.35. The second-order valence-corrected chi connectivity index (χ2v) is 7.09. The van der Waals surface area contributed by atoms with Gasteiger partial charge in [0, 0.05) is 12.4 Å². The van der Waals surface area contributed by atoms with Crippen LogP contribution in [0.3, 0.4) is 0 Å². The molecule has 0 aromatic heterocycles. The molecule has 1 heterocycles. The first-order valence-corrected chi connectivity index (χ1v) is 8.49. The predicted molar refractivity (Wildman–Crippen MR) is 70.0 cm³/mol. The first-order chi connectivity index (χ1) is 8.14. The highest BCUT2D eigenvalue weighted by atomic mass is 32.2. The third kappa shape index (κ3) is 7.01. The summed E-state index contributed by atoms with van der Waals surface area (Å²) in [5, 5.41) is 3.28. The molecular weight excluding hydrogens is 238 g/mol. The van der Waals surface area contributed by atoms with Crippen LogP contribution >= 0.6 is 0 Å². The van der Waals surface area contributed by atoms with E-state index in [1.807, 2.05) is 0 Å². The Morgan fingerprint density at radius 2 is 2.12 bits per heavy atom. The van der Waals surface area contributed by atoms with Gasteiger partial charge < -0.3 is 10.1 Å². The monoisotopic (exact) mass is 263 g/mol. The molecule has 0 amide bonds. The lowest BCUT2D eigenvalue weighted by molar-refractivity contribution is 0.0116. The third-order valence-corrected chi connectivity index (χ3v) is 4.96. The van der Waals surface area contributed by atoms with Gasteiger partial charge in [-0.15, -0.1) is 0 Å². The quantitative estimate of drug-likeness (QED) is 0.672. The lowest BCUT2D eigenvalue weighted by Gasteiger charge is -2.22. The number of rotatable bonds is 8. The van der Waals surface area contributed by atoms with Crippen molar-refractivity contribution in [2.45, 2.75) is 45.1 Å². The highest BCUT2D eigenvalue weighted by molar-refractivity contribution is 7.91. The fourth-order valence-electron chi connectivity index (χ4n) is 1.98. The van der Waals surface area contributed by atoms with Crippen molar-refractivity contribution >= 4 is 9.84 Å². The molecule has 4 nitrogen and oxygen atoms in total. The predicted octanol–water partition coefficient (Wildman–Crippen LogP) is 1.36. The van der Waals surface area contributed by atoms with E-state index < -0.39 is 9.84 Å². The Morgan fingerprint density at radius 3 is 2.76 bits per heavy atom. The highest BCUT2D eigenvalue weighted by Crippen LogP contribution is 2.14. The summed E-state index contributed by atoms with van der Waals surface area (Å²) in [6.45, 7) is 4.31. The maximum atomic E-state index is 11.2. The van der Waals surface area contributed by atoms with Crippen LogP contribution < -0.4 is 5.32 Å². The molecule has 102 valence electrons. The number of ether oxygens (including phenoxy) is 1. The summed E-state index contributed by atoms with van der Waals surface area (Å²) in [5.41, 5.74) is 0. The highest BCUT2D eigenvalue weighted by Gasteiger charge is 2.12. The standard InChI is InChI=1S/C12H25NO3S/c1-2-17(14,15)11-5-8-13-9-7-12-6-3-4-10-16-12/h12-13H,2-11H2,1H3. The Labute approximate surface area is 105 Å². The Bertz CT molecular complexity index is 284.